The Morgan fingerprint density at radius 3 is 2.65 bits per heavy atom. The lowest BCUT2D eigenvalue weighted by atomic mass is 9.96. The van der Waals surface area contributed by atoms with Crippen molar-refractivity contribution in [2.24, 2.45) is 5.92 Å². The number of aliphatic hydroxyl groups is 1. The number of likely N-dealkylation sites (tertiary alicyclic amines) is 1. The molecule has 0 spiro atoms. The fourth-order valence-electron chi connectivity index (χ4n) is 4.44. The summed E-state index contributed by atoms with van der Waals surface area (Å²) in [5.74, 6) is 2.50. The predicted octanol–water partition coefficient (Wildman–Crippen LogP) is 3.84. The van der Waals surface area contributed by atoms with Crippen LogP contribution in [0.5, 0.6) is 11.5 Å². The minimum absolute atomic E-state index is 0.0430. The Morgan fingerprint density at radius 1 is 1.10 bits per heavy atom. The van der Waals surface area contributed by atoms with Gasteiger partial charge < -0.3 is 19.5 Å². The zero-order valence-corrected chi connectivity index (χ0v) is 19.1. The molecule has 5 nitrogen and oxygen atoms in total. The fraction of sp³-hybridized carbons (Fsp3) is 0.538. The molecular weight excluding hydrogens is 388 g/mol. The van der Waals surface area contributed by atoms with Crippen LogP contribution in [-0.4, -0.2) is 68.0 Å². The van der Waals surface area contributed by atoms with Crippen LogP contribution < -0.4 is 9.47 Å². The highest BCUT2D eigenvalue weighted by Crippen LogP contribution is 2.21. The molecule has 1 atom stereocenters. The van der Waals surface area contributed by atoms with Crippen molar-refractivity contribution in [1.82, 2.24) is 9.80 Å². The number of hydrogen-bond acceptors (Lipinski definition) is 5. The minimum atomic E-state index is 0.0430. The summed E-state index contributed by atoms with van der Waals surface area (Å²) >= 11 is 0. The van der Waals surface area contributed by atoms with Gasteiger partial charge in [0.1, 0.15) is 18.1 Å². The largest absolute Gasteiger partial charge is 0.497 e. The summed E-state index contributed by atoms with van der Waals surface area (Å²) in [5, 5.41) is 8.97. The van der Waals surface area contributed by atoms with Crippen molar-refractivity contribution in [3.63, 3.8) is 0 Å². The number of methoxy groups -OCH3 is 1. The molecule has 0 unspecified atom stereocenters. The molecule has 0 bridgehead atoms. The van der Waals surface area contributed by atoms with E-state index in [2.05, 4.69) is 47.1 Å². The molecule has 1 aliphatic rings. The summed E-state index contributed by atoms with van der Waals surface area (Å²) in [6.45, 7) is 9.24. The van der Waals surface area contributed by atoms with Crippen LogP contribution in [-0.2, 0) is 13.0 Å². The second kappa shape index (κ2) is 12.7. The molecule has 0 saturated carbocycles. The zero-order chi connectivity index (χ0) is 21.9. The van der Waals surface area contributed by atoms with Crippen LogP contribution in [0.25, 0.3) is 0 Å². The number of aliphatic hydroxyl groups excluding tert-OH is 1. The van der Waals surface area contributed by atoms with Crippen molar-refractivity contribution in [3.8, 4) is 11.5 Å². The van der Waals surface area contributed by atoms with Crippen molar-refractivity contribution in [2.75, 3.05) is 53.0 Å². The Bertz CT molecular complexity index is 783. The van der Waals surface area contributed by atoms with E-state index in [9.17, 15) is 0 Å². The third-order valence-electron chi connectivity index (χ3n) is 6.08. The molecule has 0 aromatic heterocycles. The van der Waals surface area contributed by atoms with E-state index >= 15 is 0 Å². The summed E-state index contributed by atoms with van der Waals surface area (Å²) in [6, 6.07) is 16.7. The van der Waals surface area contributed by atoms with Crippen molar-refractivity contribution in [1.29, 1.82) is 0 Å². The van der Waals surface area contributed by atoms with E-state index in [4.69, 9.17) is 14.6 Å². The molecule has 1 fully saturated rings. The number of nitrogens with zero attached hydrogens (tertiary/aromatic N) is 2. The predicted molar refractivity (Wildman–Crippen MR) is 126 cm³/mol. The first-order valence-corrected chi connectivity index (χ1v) is 11.6. The van der Waals surface area contributed by atoms with Crippen molar-refractivity contribution in [2.45, 2.75) is 32.7 Å². The molecule has 0 aliphatic carbocycles. The van der Waals surface area contributed by atoms with E-state index in [0.29, 0.717) is 12.5 Å². The van der Waals surface area contributed by atoms with E-state index < -0.39 is 0 Å². The van der Waals surface area contributed by atoms with Crippen LogP contribution in [0.3, 0.4) is 0 Å². The Hall–Kier alpha value is -2.08. The fourth-order valence-corrected chi connectivity index (χ4v) is 4.44. The van der Waals surface area contributed by atoms with Crippen LogP contribution in [0.1, 0.15) is 30.9 Å². The molecular formula is C26H38N2O3. The third-order valence-corrected chi connectivity index (χ3v) is 6.08. The van der Waals surface area contributed by atoms with Gasteiger partial charge in [-0.2, -0.15) is 0 Å². The monoisotopic (exact) mass is 426 g/mol. The van der Waals surface area contributed by atoms with Crippen LogP contribution in [0.2, 0.25) is 0 Å². The molecule has 2 aromatic carbocycles. The maximum atomic E-state index is 8.97. The average molecular weight is 427 g/mol. The van der Waals surface area contributed by atoms with Gasteiger partial charge in [-0.1, -0.05) is 31.2 Å². The molecule has 31 heavy (non-hydrogen) atoms. The Labute approximate surface area is 187 Å². The van der Waals surface area contributed by atoms with Gasteiger partial charge in [0.15, 0.2) is 0 Å². The lowest BCUT2D eigenvalue weighted by Crippen LogP contribution is -2.41. The SMILES string of the molecule is CCN(Cc1cccc(OCCO)c1)C[C@H]1CCCN(CCc2cccc(OC)c2)C1. The summed E-state index contributed by atoms with van der Waals surface area (Å²) in [5.41, 5.74) is 2.61. The maximum absolute atomic E-state index is 8.97. The Balaban J connectivity index is 1.48. The van der Waals surface area contributed by atoms with Gasteiger partial charge in [-0.3, -0.25) is 4.90 Å². The summed E-state index contributed by atoms with van der Waals surface area (Å²) in [7, 11) is 1.73. The highest BCUT2D eigenvalue weighted by Gasteiger charge is 2.21. The van der Waals surface area contributed by atoms with Crippen LogP contribution in [0, 0.1) is 5.92 Å². The summed E-state index contributed by atoms with van der Waals surface area (Å²) in [4.78, 5) is 5.17. The van der Waals surface area contributed by atoms with Crippen LogP contribution in [0.4, 0.5) is 0 Å². The molecule has 170 valence electrons. The standard InChI is InChI=1S/C26H38N2O3/c1-3-27(19-23-8-5-11-26(18-23)31-16-15-29)20-24-9-6-13-28(21-24)14-12-22-7-4-10-25(17-22)30-2/h4-5,7-8,10-11,17-18,24,29H,3,6,9,12-16,19-21H2,1-2H3/t24-/m1/s1. The smallest absolute Gasteiger partial charge is 0.119 e. The highest BCUT2D eigenvalue weighted by molar-refractivity contribution is 5.29. The lowest BCUT2D eigenvalue weighted by molar-refractivity contribution is 0.133. The maximum Gasteiger partial charge on any atom is 0.119 e. The van der Waals surface area contributed by atoms with Gasteiger partial charge in [0, 0.05) is 26.2 Å². The number of piperidine rings is 1. The van der Waals surface area contributed by atoms with Crippen LogP contribution >= 0.6 is 0 Å². The van der Waals surface area contributed by atoms with Crippen molar-refractivity contribution < 1.29 is 14.6 Å². The van der Waals surface area contributed by atoms with Gasteiger partial charge in [0.05, 0.1) is 13.7 Å². The van der Waals surface area contributed by atoms with Gasteiger partial charge in [-0.05, 0) is 73.7 Å². The molecule has 0 amide bonds. The van der Waals surface area contributed by atoms with Crippen molar-refractivity contribution >= 4 is 0 Å². The van der Waals surface area contributed by atoms with E-state index in [-0.39, 0.29) is 6.61 Å². The van der Waals surface area contributed by atoms with Gasteiger partial charge in [-0.15, -0.1) is 0 Å². The highest BCUT2D eigenvalue weighted by atomic mass is 16.5. The van der Waals surface area contributed by atoms with E-state index in [1.165, 1.54) is 37.1 Å². The van der Waals surface area contributed by atoms with Gasteiger partial charge in [0.2, 0.25) is 0 Å². The number of ether oxygens (including phenoxy) is 2. The first-order chi connectivity index (χ1) is 15.2. The van der Waals surface area contributed by atoms with Crippen LogP contribution in [0.15, 0.2) is 48.5 Å². The number of rotatable bonds is 12. The minimum Gasteiger partial charge on any atom is -0.497 e. The molecule has 2 aromatic rings. The summed E-state index contributed by atoms with van der Waals surface area (Å²) < 4.78 is 10.9. The quantitative estimate of drug-likeness (QED) is 0.559. The number of hydrogen-bond donors (Lipinski definition) is 1. The molecule has 3 rings (SSSR count). The normalized spacial score (nSPS) is 17.1. The average Bonchev–Trinajstić information content (AvgIpc) is 2.81. The molecule has 1 saturated heterocycles. The Kier molecular flexibility index (Phi) is 9.66. The third kappa shape index (κ3) is 7.84. The molecule has 1 heterocycles. The second-order valence-electron chi connectivity index (χ2n) is 8.46. The van der Waals surface area contributed by atoms with E-state index in [1.54, 1.807) is 7.11 Å². The first kappa shape index (κ1) is 23.6. The summed E-state index contributed by atoms with van der Waals surface area (Å²) in [6.07, 6.45) is 3.67. The van der Waals surface area contributed by atoms with E-state index in [0.717, 1.165) is 44.1 Å². The van der Waals surface area contributed by atoms with Crippen molar-refractivity contribution in [3.05, 3.63) is 59.7 Å². The number of benzene rings is 2. The second-order valence-corrected chi connectivity index (χ2v) is 8.46. The first-order valence-electron chi connectivity index (χ1n) is 11.6. The molecule has 0 radical (unpaired) electrons. The van der Waals surface area contributed by atoms with Gasteiger partial charge >= 0.3 is 0 Å². The molecule has 5 heteroatoms. The van der Waals surface area contributed by atoms with E-state index in [1.807, 2.05) is 18.2 Å². The lowest BCUT2D eigenvalue weighted by Gasteiger charge is -2.35. The Morgan fingerprint density at radius 2 is 1.87 bits per heavy atom. The molecule has 1 aliphatic heterocycles. The van der Waals surface area contributed by atoms with Gasteiger partial charge in [-0.25, -0.2) is 0 Å². The van der Waals surface area contributed by atoms with Gasteiger partial charge in [0.25, 0.3) is 0 Å². The topological polar surface area (TPSA) is 45.2 Å². The molecule has 1 N–H and O–H groups in total. The zero-order valence-electron chi connectivity index (χ0n) is 19.1.